The summed E-state index contributed by atoms with van der Waals surface area (Å²) in [7, 11) is 1.85. The highest BCUT2D eigenvalue weighted by Crippen LogP contribution is 2.19. The second-order valence-electron chi connectivity index (χ2n) is 4.33. The Labute approximate surface area is 114 Å². The van der Waals surface area contributed by atoms with Crippen molar-refractivity contribution in [3.8, 4) is 6.07 Å². The van der Waals surface area contributed by atoms with Gasteiger partial charge >= 0.3 is 5.97 Å². The van der Waals surface area contributed by atoms with Gasteiger partial charge in [-0.1, -0.05) is 19.4 Å². The molecule has 0 N–H and O–H groups in total. The van der Waals surface area contributed by atoms with Crippen molar-refractivity contribution in [2.45, 2.75) is 32.7 Å². The topological polar surface area (TPSA) is 53.3 Å². The number of likely N-dealkylation sites (N-methyl/N-ethyl adjacent to an activating group) is 1. The predicted octanol–water partition coefficient (Wildman–Crippen LogP) is 2.73. The highest BCUT2D eigenvalue weighted by Gasteiger charge is 2.24. The molecule has 1 unspecified atom stereocenters. The van der Waals surface area contributed by atoms with Crippen LogP contribution in [0, 0.1) is 11.3 Å². The zero-order chi connectivity index (χ0) is 14.3. The van der Waals surface area contributed by atoms with Gasteiger partial charge in [0.1, 0.15) is 6.04 Å². The van der Waals surface area contributed by atoms with E-state index in [1.165, 1.54) is 0 Å². The number of anilines is 1. The van der Waals surface area contributed by atoms with Crippen LogP contribution < -0.4 is 4.90 Å². The van der Waals surface area contributed by atoms with Crippen LogP contribution in [0.1, 0.15) is 32.3 Å². The number of ether oxygens (including phenoxy) is 1. The van der Waals surface area contributed by atoms with Crippen LogP contribution in [0.15, 0.2) is 24.3 Å². The van der Waals surface area contributed by atoms with Crippen LogP contribution in [0.5, 0.6) is 0 Å². The van der Waals surface area contributed by atoms with Gasteiger partial charge in [0.2, 0.25) is 0 Å². The number of nitriles is 1. The largest absolute Gasteiger partial charge is 0.464 e. The van der Waals surface area contributed by atoms with Crippen molar-refractivity contribution in [1.82, 2.24) is 0 Å². The summed E-state index contributed by atoms with van der Waals surface area (Å²) in [6.07, 6.45) is 1.62. The highest BCUT2D eigenvalue weighted by molar-refractivity contribution is 5.80. The van der Waals surface area contributed by atoms with E-state index >= 15 is 0 Å². The van der Waals surface area contributed by atoms with E-state index in [-0.39, 0.29) is 12.0 Å². The maximum absolute atomic E-state index is 12.0. The van der Waals surface area contributed by atoms with E-state index in [1.54, 1.807) is 19.1 Å². The molecule has 0 radical (unpaired) electrons. The van der Waals surface area contributed by atoms with Gasteiger partial charge in [-0.25, -0.2) is 4.79 Å². The standard InChI is InChI=1S/C15H20N2O2/c1-4-7-14(15(18)19-5-2)17(3)13-9-6-8-12(10-13)11-16/h6,8-10,14H,4-5,7H2,1-3H3. The lowest BCUT2D eigenvalue weighted by Crippen LogP contribution is -2.39. The third-order valence-corrected chi connectivity index (χ3v) is 2.97. The molecule has 4 heteroatoms. The van der Waals surface area contributed by atoms with Crippen molar-refractivity contribution >= 4 is 11.7 Å². The van der Waals surface area contributed by atoms with E-state index in [0.717, 1.165) is 18.5 Å². The van der Waals surface area contributed by atoms with Crippen molar-refractivity contribution < 1.29 is 9.53 Å². The number of hydrogen-bond donors (Lipinski definition) is 0. The van der Waals surface area contributed by atoms with Gasteiger partial charge in [0, 0.05) is 12.7 Å². The average Bonchev–Trinajstić information content (AvgIpc) is 2.44. The van der Waals surface area contributed by atoms with Crippen LogP contribution in [0.2, 0.25) is 0 Å². The summed E-state index contributed by atoms with van der Waals surface area (Å²) in [5, 5.41) is 8.92. The minimum absolute atomic E-state index is 0.214. The summed E-state index contributed by atoms with van der Waals surface area (Å²) in [5.74, 6) is -0.214. The second kappa shape index (κ2) is 7.42. The van der Waals surface area contributed by atoms with Crippen molar-refractivity contribution in [3.63, 3.8) is 0 Å². The highest BCUT2D eigenvalue weighted by atomic mass is 16.5. The van der Waals surface area contributed by atoms with Gasteiger partial charge in [0.25, 0.3) is 0 Å². The molecule has 0 amide bonds. The summed E-state index contributed by atoms with van der Waals surface area (Å²) in [6.45, 7) is 4.22. The molecule has 0 saturated carbocycles. The fourth-order valence-electron chi connectivity index (χ4n) is 1.96. The Balaban J connectivity index is 2.95. The molecule has 102 valence electrons. The minimum Gasteiger partial charge on any atom is -0.464 e. The molecule has 4 nitrogen and oxygen atoms in total. The third-order valence-electron chi connectivity index (χ3n) is 2.97. The van der Waals surface area contributed by atoms with Crippen molar-refractivity contribution in [2.75, 3.05) is 18.6 Å². The maximum Gasteiger partial charge on any atom is 0.328 e. The van der Waals surface area contributed by atoms with E-state index in [2.05, 4.69) is 6.07 Å². The summed E-state index contributed by atoms with van der Waals surface area (Å²) in [5.41, 5.74) is 1.44. The first-order valence-corrected chi connectivity index (χ1v) is 6.53. The predicted molar refractivity (Wildman–Crippen MR) is 74.9 cm³/mol. The smallest absolute Gasteiger partial charge is 0.328 e. The van der Waals surface area contributed by atoms with Crippen molar-refractivity contribution in [1.29, 1.82) is 5.26 Å². The molecule has 0 aliphatic rings. The quantitative estimate of drug-likeness (QED) is 0.738. The van der Waals surface area contributed by atoms with Crippen molar-refractivity contribution in [3.05, 3.63) is 29.8 Å². The molecule has 0 bridgehead atoms. The van der Waals surface area contributed by atoms with E-state index in [9.17, 15) is 4.79 Å². The summed E-state index contributed by atoms with van der Waals surface area (Å²) in [4.78, 5) is 13.9. The molecule has 0 saturated heterocycles. The molecular formula is C15H20N2O2. The number of benzene rings is 1. The molecule has 1 rings (SSSR count). The molecule has 0 aliphatic carbocycles. The second-order valence-corrected chi connectivity index (χ2v) is 4.33. The lowest BCUT2D eigenvalue weighted by molar-refractivity contribution is -0.144. The fraction of sp³-hybridized carbons (Fsp3) is 0.467. The van der Waals surface area contributed by atoms with Gasteiger partial charge in [-0.3, -0.25) is 0 Å². The maximum atomic E-state index is 12.0. The number of carbonyl (C=O) groups excluding carboxylic acids is 1. The Morgan fingerprint density at radius 1 is 1.47 bits per heavy atom. The monoisotopic (exact) mass is 260 g/mol. The molecule has 0 spiro atoms. The normalized spacial score (nSPS) is 11.5. The zero-order valence-corrected chi connectivity index (χ0v) is 11.7. The number of carbonyl (C=O) groups is 1. The lowest BCUT2D eigenvalue weighted by atomic mass is 10.1. The molecule has 1 aromatic carbocycles. The van der Waals surface area contributed by atoms with Crippen LogP contribution in [-0.4, -0.2) is 25.7 Å². The van der Waals surface area contributed by atoms with Crippen LogP contribution in [0.3, 0.4) is 0 Å². The fourth-order valence-corrected chi connectivity index (χ4v) is 1.96. The Morgan fingerprint density at radius 2 is 2.21 bits per heavy atom. The molecule has 1 atom stereocenters. The molecule has 0 heterocycles. The lowest BCUT2D eigenvalue weighted by Gasteiger charge is -2.28. The Bertz CT molecular complexity index is 465. The van der Waals surface area contributed by atoms with Gasteiger partial charge in [-0.2, -0.15) is 5.26 Å². The summed E-state index contributed by atoms with van der Waals surface area (Å²) >= 11 is 0. The molecular weight excluding hydrogens is 240 g/mol. The van der Waals surface area contributed by atoms with Gasteiger partial charge in [0.05, 0.1) is 18.2 Å². The molecule has 0 fully saturated rings. The Hall–Kier alpha value is -2.02. The first kappa shape index (κ1) is 15.0. The third kappa shape index (κ3) is 3.99. The van der Waals surface area contributed by atoms with E-state index in [0.29, 0.717) is 12.2 Å². The Morgan fingerprint density at radius 3 is 2.79 bits per heavy atom. The zero-order valence-electron chi connectivity index (χ0n) is 11.7. The van der Waals surface area contributed by atoms with Crippen LogP contribution in [0.25, 0.3) is 0 Å². The summed E-state index contributed by atoms with van der Waals surface area (Å²) < 4.78 is 5.11. The van der Waals surface area contributed by atoms with Crippen LogP contribution in [-0.2, 0) is 9.53 Å². The van der Waals surface area contributed by atoms with Crippen molar-refractivity contribution in [2.24, 2.45) is 0 Å². The molecule has 0 aliphatic heterocycles. The number of esters is 1. The Kier molecular flexibility index (Phi) is 5.87. The van der Waals surface area contributed by atoms with Gasteiger partial charge in [0.15, 0.2) is 0 Å². The number of hydrogen-bond acceptors (Lipinski definition) is 4. The van der Waals surface area contributed by atoms with Crippen LogP contribution >= 0.6 is 0 Å². The van der Waals surface area contributed by atoms with E-state index in [1.807, 2.05) is 31.0 Å². The van der Waals surface area contributed by atoms with E-state index in [4.69, 9.17) is 10.00 Å². The van der Waals surface area contributed by atoms with Gasteiger partial charge in [-0.15, -0.1) is 0 Å². The number of rotatable bonds is 6. The average molecular weight is 260 g/mol. The first-order valence-electron chi connectivity index (χ1n) is 6.53. The summed E-state index contributed by atoms with van der Waals surface area (Å²) in [6, 6.07) is 9.03. The molecule has 19 heavy (non-hydrogen) atoms. The molecule has 0 aromatic heterocycles. The van der Waals surface area contributed by atoms with Gasteiger partial charge in [-0.05, 0) is 31.5 Å². The first-order chi connectivity index (χ1) is 9.13. The number of nitrogens with zero attached hydrogens (tertiary/aromatic N) is 2. The molecule has 1 aromatic rings. The van der Waals surface area contributed by atoms with Crippen LogP contribution in [0.4, 0.5) is 5.69 Å². The van der Waals surface area contributed by atoms with E-state index < -0.39 is 0 Å². The SMILES string of the molecule is CCCC(C(=O)OCC)N(C)c1cccc(C#N)c1. The van der Waals surface area contributed by atoms with Gasteiger partial charge < -0.3 is 9.64 Å². The minimum atomic E-state index is -0.307.